The molecule has 0 saturated heterocycles. The fourth-order valence-corrected chi connectivity index (χ4v) is 4.05. The van der Waals surface area contributed by atoms with Gasteiger partial charge in [-0.2, -0.15) is 0 Å². The molecule has 1 aliphatic heterocycles. The van der Waals surface area contributed by atoms with Crippen LogP contribution in [0, 0.1) is 5.41 Å². The first-order chi connectivity index (χ1) is 13.1. The van der Waals surface area contributed by atoms with Gasteiger partial charge < -0.3 is 9.80 Å². The first-order valence-electron chi connectivity index (χ1n) is 9.83. The van der Waals surface area contributed by atoms with E-state index in [9.17, 15) is 9.59 Å². The van der Waals surface area contributed by atoms with Crippen molar-refractivity contribution in [2.75, 3.05) is 13.1 Å². The van der Waals surface area contributed by atoms with Gasteiger partial charge in [0.2, 0.25) is 11.8 Å². The second-order valence-electron chi connectivity index (χ2n) is 7.63. The van der Waals surface area contributed by atoms with Crippen LogP contribution in [0.25, 0.3) is 0 Å². The molecule has 0 spiro atoms. The molecule has 0 bridgehead atoms. The zero-order chi connectivity index (χ0) is 18.9. The van der Waals surface area contributed by atoms with Gasteiger partial charge in [0.15, 0.2) is 0 Å². The van der Waals surface area contributed by atoms with Gasteiger partial charge in [0, 0.05) is 26.2 Å². The van der Waals surface area contributed by atoms with Crippen molar-refractivity contribution < 1.29 is 9.59 Å². The molecule has 1 fully saturated rings. The largest absolute Gasteiger partial charge is 0.338 e. The highest BCUT2D eigenvalue weighted by Gasteiger charge is 2.59. The second-order valence-corrected chi connectivity index (χ2v) is 7.63. The molecule has 27 heavy (non-hydrogen) atoms. The van der Waals surface area contributed by atoms with Gasteiger partial charge in [-0.15, -0.1) is 0 Å². The summed E-state index contributed by atoms with van der Waals surface area (Å²) in [7, 11) is 0. The Morgan fingerprint density at radius 3 is 2.33 bits per heavy atom. The summed E-state index contributed by atoms with van der Waals surface area (Å²) < 4.78 is 0. The number of fused-ring (bicyclic) bond motifs is 1. The third-order valence-corrected chi connectivity index (χ3v) is 5.87. The normalized spacial score (nSPS) is 17.1. The number of benzene rings is 2. The lowest BCUT2D eigenvalue weighted by Crippen LogP contribution is -2.48. The van der Waals surface area contributed by atoms with Gasteiger partial charge >= 0.3 is 0 Å². The number of carbonyl (C=O) groups excluding carboxylic acids is 2. The van der Waals surface area contributed by atoms with E-state index >= 15 is 0 Å². The van der Waals surface area contributed by atoms with E-state index in [-0.39, 0.29) is 11.8 Å². The van der Waals surface area contributed by atoms with Crippen LogP contribution in [0.15, 0.2) is 54.6 Å². The van der Waals surface area contributed by atoms with Gasteiger partial charge in [-0.1, -0.05) is 54.6 Å². The fourth-order valence-electron chi connectivity index (χ4n) is 4.05. The summed E-state index contributed by atoms with van der Waals surface area (Å²) in [4.78, 5) is 30.3. The van der Waals surface area contributed by atoms with E-state index in [4.69, 9.17) is 0 Å². The van der Waals surface area contributed by atoms with Crippen molar-refractivity contribution in [3.8, 4) is 0 Å². The molecular weight excluding hydrogens is 336 g/mol. The van der Waals surface area contributed by atoms with Crippen molar-refractivity contribution >= 4 is 11.8 Å². The van der Waals surface area contributed by atoms with Crippen LogP contribution >= 0.6 is 0 Å². The predicted molar refractivity (Wildman–Crippen MR) is 105 cm³/mol. The molecule has 1 heterocycles. The standard InChI is InChI=1S/C23H26N2O2/c1-2-24(16-18-8-4-3-5-9-18)21(26)23(13-14-23)22(27)25-15-12-19-10-6-7-11-20(19)17-25/h3-11H,2,12-17H2,1H3. The number of amides is 2. The molecule has 2 aliphatic rings. The van der Waals surface area contributed by atoms with E-state index in [1.165, 1.54) is 11.1 Å². The van der Waals surface area contributed by atoms with Crippen molar-refractivity contribution in [1.29, 1.82) is 0 Å². The molecule has 4 rings (SSSR count). The summed E-state index contributed by atoms with van der Waals surface area (Å²) in [6.45, 7) is 4.49. The highest BCUT2D eigenvalue weighted by molar-refractivity contribution is 6.07. The van der Waals surface area contributed by atoms with Crippen LogP contribution in [0.4, 0.5) is 0 Å². The molecule has 4 nitrogen and oxygen atoms in total. The van der Waals surface area contributed by atoms with Gasteiger partial charge in [-0.05, 0) is 42.9 Å². The van der Waals surface area contributed by atoms with E-state index in [2.05, 4.69) is 12.1 Å². The average Bonchev–Trinajstić information content (AvgIpc) is 3.53. The third kappa shape index (κ3) is 3.36. The Bertz CT molecular complexity index is 826. The van der Waals surface area contributed by atoms with Crippen LogP contribution in [0.1, 0.15) is 36.5 Å². The second kappa shape index (κ2) is 7.18. The van der Waals surface area contributed by atoms with Crippen molar-refractivity contribution in [3.05, 3.63) is 71.3 Å². The van der Waals surface area contributed by atoms with Crippen molar-refractivity contribution in [2.24, 2.45) is 5.41 Å². The zero-order valence-corrected chi connectivity index (χ0v) is 15.9. The Labute approximate surface area is 160 Å². The molecular formula is C23H26N2O2. The van der Waals surface area contributed by atoms with Crippen LogP contribution in [-0.4, -0.2) is 34.7 Å². The highest BCUT2D eigenvalue weighted by Crippen LogP contribution is 2.49. The summed E-state index contributed by atoms with van der Waals surface area (Å²) in [5.74, 6) is 0.0197. The SMILES string of the molecule is CCN(Cc1ccccc1)C(=O)C1(C(=O)N2CCc3ccccc3C2)CC1. The topological polar surface area (TPSA) is 40.6 Å². The molecule has 1 saturated carbocycles. The maximum atomic E-state index is 13.3. The van der Waals surface area contributed by atoms with Crippen LogP contribution in [0.3, 0.4) is 0 Å². The Balaban J connectivity index is 1.49. The van der Waals surface area contributed by atoms with Crippen molar-refractivity contribution in [3.63, 3.8) is 0 Å². The maximum absolute atomic E-state index is 13.3. The molecule has 0 aromatic heterocycles. The fraction of sp³-hybridized carbons (Fsp3) is 0.391. The highest BCUT2D eigenvalue weighted by atomic mass is 16.2. The Morgan fingerprint density at radius 2 is 1.67 bits per heavy atom. The molecule has 0 radical (unpaired) electrons. The van der Waals surface area contributed by atoms with Gasteiger partial charge in [0.25, 0.3) is 0 Å². The lowest BCUT2D eigenvalue weighted by Gasteiger charge is -2.33. The summed E-state index contributed by atoms with van der Waals surface area (Å²) in [6.07, 6.45) is 2.22. The molecule has 0 N–H and O–H groups in total. The molecule has 1 aliphatic carbocycles. The minimum Gasteiger partial charge on any atom is -0.338 e. The van der Waals surface area contributed by atoms with Gasteiger partial charge in [-0.25, -0.2) is 0 Å². The van der Waals surface area contributed by atoms with E-state index in [0.29, 0.717) is 39.0 Å². The Kier molecular flexibility index (Phi) is 4.73. The van der Waals surface area contributed by atoms with Crippen molar-refractivity contribution in [1.82, 2.24) is 9.80 Å². The minimum absolute atomic E-state index is 0.00212. The third-order valence-electron chi connectivity index (χ3n) is 5.87. The summed E-state index contributed by atoms with van der Waals surface area (Å²) in [6, 6.07) is 18.3. The van der Waals surface area contributed by atoms with Crippen LogP contribution in [-0.2, 0) is 29.1 Å². The number of nitrogens with zero attached hydrogens (tertiary/aromatic N) is 2. The molecule has 2 aromatic carbocycles. The Hall–Kier alpha value is -2.62. The van der Waals surface area contributed by atoms with Gasteiger partial charge in [-0.3, -0.25) is 9.59 Å². The van der Waals surface area contributed by atoms with Crippen LogP contribution in [0.5, 0.6) is 0 Å². The first kappa shape index (κ1) is 17.8. The molecule has 140 valence electrons. The summed E-state index contributed by atoms with van der Waals surface area (Å²) in [5, 5.41) is 0. The number of rotatable bonds is 5. The maximum Gasteiger partial charge on any atom is 0.238 e. The summed E-state index contributed by atoms with van der Waals surface area (Å²) >= 11 is 0. The number of hydrogen-bond donors (Lipinski definition) is 0. The minimum atomic E-state index is -0.822. The quantitative estimate of drug-likeness (QED) is 0.765. The molecule has 0 unspecified atom stereocenters. The smallest absolute Gasteiger partial charge is 0.238 e. The first-order valence-corrected chi connectivity index (χ1v) is 9.83. The molecule has 0 atom stereocenters. The van der Waals surface area contributed by atoms with Crippen LogP contribution < -0.4 is 0 Å². The predicted octanol–water partition coefficient (Wildman–Crippen LogP) is 3.40. The van der Waals surface area contributed by atoms with Gasteiger partial charge in [0.05, 0.1) is 0 Å². The lowest BCUT2D eigenvalue weighted by atomic mass is 9.96. The van der Waals surface area contributed by atoms with Crippen molar-refractivity contribution in [2.45, 2.75) is 39.3 Å². The zero-order valence-electron chi connectivity index (χ0n) is 15.9. The summed E-state index contributed by atoms with van der Waals surface area (Å²) in [5.41, 5.74) is 2.80. The van der Waals surface area contributed by atoms with E-state index in [0.717, 1.165) is 12.0 Å². The Morgan fingerprint density at radius 1 is 1.00 bits per heavy atom. The van der Waals surface area contributed by atoms with E-state index < -0.39 is 5.41 Å². The van der Waals surface area contributed by atoms with E-state index in [1.54, 1.807) is 0 Å². The number of carbonyl (C=O) groups is 2. The lowest BCUT2D eigenvalue weighted by molar-refractivity contribution is -0.150. The molecule has 2 amide bonds. The van der Waals surface area contributed by atoms with Gasteiger partial charge in [0.1, 0.15) is 5.41 Å². The monoisotopic (exact) mass is 362 g/mol. The average molecular weight is 362 g/mol. The number of hydrogen-bond acceptors (Lipinski definition) is 2. The van der Waals surface area contributed by atoms with Crippen LogP contribution in [0.2, 0.25) is 0 Å². The molecule has 4 heteroatoms. The van der Waals surface area contributed by atoms with E-state index in [1.807, 2.05) is 59.2 Å². The molecule has 2 aromatic rings.